The molecule has 6 nitrogen and oxygen atoms in total. The van der Waals surface area contributed by atoms with Crippen LogP contribution in [0.4, 0.5) is 4.39 Å². The van der Waals surface area contributed by atoms with E-state index >= 15 is 0 Å². The quantitative estimate of drug-likeness (QED) is 0.393. The molecule has 2 heterocycles. The van der Waals surface area contributed by atoms with Crippen molar-refractivity contribution >= 4 is 17.6 Å². The molecule has 0 saturated carbocycles. The number of nitrogens with one attached hydrogen (secondary N) is 1. The summed E-state index contributed by atoms with van der Waals surface area (Å²) in [6, 6.07) is 4.85. The summed E-state index contributed by atoms with van der Waals surface area (Å²) in [6.45, 7) is 8.00. The van der Waals surface area contributed by atoms with Gasteiger partial charge in [-0.2, -0.15) is 0 Å². The molecular weight excluding hydrogens is 395 g/mol. The van der Waals surface area contributed by atoms with E-state index in [0.717, 1.165) is 78.0 Å². The average molecular weight is 427 g/mol. The number of halogens is 2. The van der Waals surface area contributed by atoms with Crippen LogP contribution in [0.5, 0.6) is 0 Å². The maximum atomic E-state index is 14.0. The van der Waals surface area contributed by atoms with Gasteiger partial charge in [0.25, 0.3) is 0 Å². The third-order valence-corrected chi connectivity index (χ3v) is 5.81. The first-order chi connectivity index (χ1) is 14.2. The van der Waals surface area contributed by atoms with E-state index in [2.05, 4.69) is 20.1 Å². The van der Waals surface area contributed by atoms with Crippen molar-refractivity contribution in [2.24, 2.45) is 10.9 Å². The highest BCUT2D eigenvalue weighted by atomic mass is 35.5. The van der Waals surface area contributed by atoms with Crippen molar-refractivity contribution in [3.8, 4) is 0 Å². The fourth-order valence-corrected chi connectivity index (χ4v) is 3.92. The number of hydrogen-bond donors (Lipinski definition) is 1. The largest absolute Gasteiger partial charge is 0.381 e. The Morgan fingerprint density at radius 3 is 2.86 bits per heavy atom. The zero-order chi connectivity index (χ0) is 20.5. The molecule has 1 unspecified atom stereocenters. The molecule has 0 aliphatic carbocycles. The Hall–Kier alpha value is -1.41. The Bertz CT molecular complexity index is 642. The first kappa shape index (κ1) is 22.3. The lowest BCUT2D eigenvalue weighted by Gasteiger charge is -2.36. The van der Waals surface area contributed by atoms with Gasteiger partial charge in [0, 0.05) is 76.0 Å². The van der Waals surface area contributed by atoms with Crippen molar-refractivity contribution in [2.45, 2.75) is 19.4 Å². The van der Waals surface area contributed by atoms with E-state index in [1.807, 2.05) is 7.05 Å². The van der Waals surface area contributed by atoms with Crippen LogP contribution in [-0.4, -0.2) is 82.0 Å². The molecule has 29 heavy (non-hydrogen) atoms. The van der Waals surface area contributed by atoms with E-state index in [9.17, 15) is 4.39 Å². The highest BCUT2D eigenvalue weighted by Crippen LogP contribution is 2.21. The van der Waals surface area contributed by atoms with Crippen molar-refractivity contribution < 1.29 is 13.9 Å². The monoisotopic (exact) mass is 426 g/mol. The van der Waals surface area contributed by atoms with Gasteiger partial charge in [0.1, 0.15) is 5.82 Å². The molecule has 0 bridgehead atoms. The van der Waals surface area contributed by atoms with Gasteiger partial charge in [-0.15, -0.1) is 0 Å². The SMILES string of the molecule is CN=C(NCCCOCC1CCOC1)N1CCN(Cc2c(F)cccc2Cl)CC1. The van der Waals surface area contributed by atoms with E-state index in [-0.39, 0.29) is 5.82 Å². The predicted octanol–water partition coefficient (Wildman–Crippen LogP) is 2.62. The summed E-state index contributed by atoms with van der Waals surface area (Å²) < 4.78 is 25.1. The number of aliphatic imine (C=N–C) groups is 1. The number of ether oxygens (including phenoxy) is 2. The van der Waals surface area contributed by atoms with Crippen LogP contribution in [-0.2, 0) is 16.0 Å². The number of piperazine rings is 1. The van der Waals surface area contributed by atoms with E-state index in [0.29, 0.717) is 23.0 Å². The van der Waals surface area contributed by atoms with Gasteiger partial charge in [0.05, 0.1) is 13.2 Å². The molecule has 0 spiro atoms. The average Bonchev–Trinajstić information content (AvgIpc) is 3.25. The van der Waals surface area contributed by atoms with Crippen LogP contribution in [0.2, 0.25) is 5.02 Å². The molecule has 3 rings (SSSR count). The second kappa shape index (κ2) is 11.7. The summed E-state index contributed by atoms with van der Waals surface area (Å²) in [6.07, 6.45) is 2.05. The third kappa shape index (κ3) is 6.81. The van der Waals surface area contributed by atoms with Gasteiger partial charge in [-0.1, -0.05) is 17.7 Å². The Balaban J connectivity index is 1.33. The molecule has 1 atom stereocenters. The van der Waals surface area contributed by atoms with Gasteiger partial charge < -0.3 is 19.7 Å². The molecule has 162 valence electrons. The lowest BCUT2D eigenvalue weighted by Crippen LogP contribution is -2.52. The Morgan fingerprint density at radius 2 is 2.17 bits per heavy atom. The third-order valence-electron chi connectivity index (χ3n) is 5.45. The van der Waals surface area contributed by atoms with Gasteiger partial charge >= 0.3 is 0 Å². The molecule has 8 heteroatoms. The lowest BCUT2D eigenvalue weighted by molar-refractivity contribution is 0.0886. The summed E-state index contributed by atoms with van der Waals surface area (Å²) in [5.74, 6) is 1.24. The number of benzene rings is 1. The van der Waals surface area contributed by atoms with Crippen LogP contribution in [0, 0.1) is 11.7 Å². The van der Waals surface area contributed by atoms with Gasteiger partial charge in [0.15, 0.2) is 5.96 Å². The van der Waals surface area contributed by atoms with Crippen LogP contribution in [0.3, 0.4) is 0 Å². The first-order valence-corrected chi connectivity index (χ1v) is 10.8. The molecule has 0 aromatic heterocycles. The topological polar surface area (TPSA) is 49.3 Å². The van der Waals surface area contributed by atoms with Crippen molar-refractivity contribution in [1.82, 2.24) is 15.1 Å². The van der Waals surface area contributed by atoms with Crippen LogP contribution < -0.4 is 5.32 Å². The molecule has 1 N–H and O–H groups in total. The predicted molar refractivity (Wildman–Crippen MR) is 114 cm³/mol. The summed E-state index contributed by atoms with van der Waals surface area (Å²) in [7, 11) is 1.81. The van der Waals surface area contributed by atoms with Gasteiger partial charge in [-0.25, -0.2) is 4.39 Å². The Labute approximate surface area is 178 Å². The van der Waals surface area contributed by atoms with Crippen molar-refractivity contribution in [1.29, 1.82) is 0 Å². The lowest BCUT2D eigenvalue weighted by atomic mass is 10.1. The second-order valence-corrected chi connectivity index (χ2v) is 8.00. The van der Waals surface area contributed by atoms with Gasteiger partial charge in [-0.05, 0) is 25.0 Å². The summed E-state index contributed by atoms with van der Waals surface area (Å²) in [5.41, 5.74) is 0.578. The minimum atomic E-state index is -0.236. The molecule has 1 aromatic carbocycles. The van der Waals surface area contributed by atoms with E-state index < -0.39 is 0 Å². The highest BCUT2D eigenvalue weighted by molar-refractivity contribution is 6.31. The zero-order valence-electron chi connectivity index (χ0n) is 17.2. The Morgan fingerprint density at radius 1 is 1.34 bits per heavy atom. The van der Waals surface area contributed by atoms with Crippen LogP contribution in [0.25, 0.3) is 0 Å². The summed E-state index contributed by atoms with van der Waals surface area (Å²) >= 11 is 6.16. The maximum Gasteiger partial charge on any atom is 0.193 e. The van der Waals surface area contributed by atoms with E-state index in [4.69, 9.17) is 21.1 Å². The molecule has 2 saturated heterocycles. The molecule has 0 radical (unpaired) electrons. The van der Waals surface area contributed by atoms with Crippen LogP contribution in [0.1, 0.15) is 18.4 Å². The fourth-order valence-electron chi connectivity index (χ4n) is 3.70. The van der Waals surface area contributed by atoms with Crippen molar-refractivity contribution in [2.75, 3.05) is 66.2 Å². The number of nitrogens with zero attached hydrogens (tertiary/aromatic N) is 3. The van der Waals surface area contributed by atoms with Crippen LogP contribution >= 0.6 is 11.6 Å². The molecule has 2 fully saturated rings. The molecule has 2 aliphatic rings. The highest BCUT2D eigenvalue weighted by Gasteiger charge is 2.21. The van der Waals surface area contributed by atoms with E-state index in [1.54, 1.807) is 12.1 Å². The van der Waals surface area contributed by atoms with Crippen LogP contribution in [0.15, 0.2) is 23.2 Å². The molecule has 1 aromatic rings. The normalized spacial score (nSPS) is 21.0. The summed E-state index contributed by atoms with van der Waals surface area (Å²) in [5, 5.41) is 3.92. The second-order valence-electron chi connectivity index (χ2n) is 7.60. The Kier molecular flexibility index (Phi) is 8.98. The minimum absolute atomic E-state index is 0.236. The minimum Gasteiger partial charge on any atom is -0.381 e. The van der Waals surface area contributed by atoms with Gasteiger partial charge in [0.2, 0.25) is 0 Å². The molecule has 2 aliphatic heterocycles. The number of guanidine groups is 1. The number of rotatable bonds is 8. The van der Waals surface area contributed by atoms with Gasteiger partial charge in [-0.3, -0.25) is 9.89 Å². The maximum absolute atomic E-state index is 14.0. The van der Waals surface area contributed by atoms with E-state index in [1.165, 1.54) is 6.07 Å². The standard InChI is InChI=1S/C21H32ClFN4O2/c1-24-21(25-7-3-12-28-15-17-6-13-29-16-17)27-10-8-26(9-11-27)14-18-19(22)4-2-5-20(18)23/h2,4-5,17H,3,6-16H2,1H3,(H,24,25). The fraction of sp³-hybridized carbons (Fsp3) is 0.667. The molecular formula is C21H32ClFN4O2. The summed E-state index contributed by atoms with van der Waals surface area (Å²) in [4.78, 5) is 8.88. The number of hydrogen-bond acceptors (Lipinski definition) is 4. The van der Waals surface area contributed by atoms with Crippen molar-refractivity contribution in [3.05, 3.63) is 34.6 Å². The zero-order valence-corrected chi connectivity index (χ0v) is 18.0. The molecule has 0 amide bonds. The first-order valence-electron chi connectivity index (χ1n) is 10.4. The van der Waals surface area contributed by atoms with Crippen molar-refractivity contribution in [3.63, 3.8) is 0 Å². The smallest absolute Gasteiger partial charge is 0.193 e.